The van der Waals surface area contributed by atoms with Crippen LogP contribution in [0.3, 0.4) is 0 Å². The van der Waals surface area contributed by atoms with Gasteiger partial charge in [0.05, 0.1) is 16.8 Å². The molecule has 0 fully saturated rings. The van der Waals surface area contributed by atoms with Gasteiger partial charge in [0.1, 0.15) is 17.3 Å². The number of ether oxygens (including phenoxy) is 1. The average molecular weight is 423 g/mol. The molecule has 6 nitrogen and oxygen atoms in total. The third-order valence-electron chi connectivity index (χ3n) is 3.64. The first-order valence-electron chi connectivity index (χ1n) is 8.15. The molecule has 0 radical (unpaired) electrons. The number of nitrogens with one attached hydrogen (secondary N) is 2. The molecule has 29 heavy (non-hydrogen) atoms. The highest BCUT2D eigenvalue weighted by Crippen LogP contribution is 2.36. The number of carbonyl (C=O) groups excluding carboxylic acids is 1. The SMILES string of the molecule is Nc1ccc(Oc2ccc(NC(=O)Nc3ccc(Cl)c(C(F)(F)F)c3)cc2)cn1. The molecule has 0 saturated carbocycles. The second-order valence-corrected chi connectivity index (χ2v) is 6.22. The number of aromatic nitrogens is 1. The van der Waals surface area contributed by atoms with Crippen molar-refractivity contribution in [2.45, 2.75) is 6.18 Å². The van der Waals surface area contributed by atoms with E-state index in [2.05, 4.69) is 15.6 Å². The largest absolute Gasteiger partial charge is 0.456 e. The molecular weight excluding hydrogens is 409 g/mol. The summed E-state index contributed by atoms with van der Waals surface area (Å²) in [5, 5.41) is 4.39. The number of amides is 2. The van der Waals surface area contributed by atoms with Crippen LogP contribution in [0, 0.1) is 0 Å². The number of halogens is 4. The van der Waals surface area contributed by atoms with Crippen molar-refractivity contribution in [2.75, 3.05) is 16.4 Å². The zero-order chi connectivity index (χ0) is 21.0. The van der Waals surface area contributed by atoms with Gasteiger partial charge in [-0.15, -0.1) is 0 Å². The molecule has 0 unspecified atom stereocenters. The van der Waals surface area contributed by atoms with Crippen LogP contribution in [0.5, 0.6) is 11.5 Å². The minimum Gasteiger partial charge on any atom is -0.456 e. The van der Waals surface area contributed by atoms with Gasteiger partial charge in [-0.1, -0.05) is 11.6 Å². The smallest absolute Gasteiger partial charge is 0.417 e. The van der Waals surface area contributed by atoms with Crippen molar-refractivity contribution in [3.8, 4) is 11.5 Å². The van der Waals surface area contributed by atoms with Crippen LogP contribution in [-0.2, 0) is 6.18 Å². The van der Waals surface area contributed by atoms with E-state index in [1.165, 1.54) is 12.3 Å². The average Bonchev–Trinajstić information content (AvgIpc) is 2.66. The van der Waals surface area contributed by atoms with Gasteiger partial charge >= 0.3 is 12.2 Å². The maximum Gasteiger partial charge on any atom is 0.417 e. The van der Waals surface area contributed by atoms with E-state index in [1.54, 1.807) is 36.4 Å². The van der Waals surface area contributed by atoms with Crippen molar-refractivity contribution in [1.82, 2.24) is 4.98 Å². The first-order chi connectivity index (χ1) is 13.7. The molecule has 4 N–H and O–H groups in total. The molecule has 150 valence electrons. The Balaban J connectivity index is 1.61. The Morgan fingerprint density at radius 3 is 2.21 bits per heavy atom. The zero-order valence-corrected chi connectivity index (χ0v) is 15.4. The minimum absolute atomic E-state index is 0.0463. The molecule has 0 aliphatic rings. The van der Waals surface area contributed by atoms with Crippen LogP contribution in [0.25, 0.3) is 0 Å². The molecule has 0 aliphatic heterocycles. The van der Waals surface area contributed by atoms with Gasteiger partial charge in [-0.25, -0.2) is 9.78 Å². The summed E-state index contributed by atoms with van der Waals surface area (Å²) in [4.78, 5) is 16.0. The molecule has 3 rings (SSSR count). The lowest BCUT2D eigenvalue weighted by molar-refractivity contribution is -0.137. The van der Waals surface area contributed by atoms with E-state index in [9.17, 15) is 18.0 Å². The fourth-order valence-corrected chi connectivity index (χ4v) is 2.53. The third kappa shape index (κ3) is 5.52. The van der Waals surface area contributed by atoms with E-state index in [0.717, 1.165) is 12.1 Å². The number of anilines is 3. The monoisotopic (exact) mass is 422 g/mol. The second kappa shape index (κ2) is 8.27. The number of hydrogen-bond acceptors (Lipinski definition) is 4. The van der Waals surface area contributed by atoms with Gasteiger partial charge in [0, 0.05) is 11.4 Å². The molecule has 1 heterocycles. The summed E-state index contributed by atoms with van der Waals surface area (Å²) >= 11 is 5.56. The lowest BCUT2D eigenvalue weighted by Gasteiger charge is -2.12. The van der Waals surface area contributed by atoms with Crippen LogP contribution >= 0.6 is 11.6 Å². The number of nitrogens with two attached hydrogens (primary N) is 1. The Hall–Kier alpha value is -3.46. The molecule has 0 aliphatic carbocycles. The highest BCUT2D eigenvalue weighted by molar-refractivity contribution is 6.31. The zero-order valence-electron chi connectivity index (χ0n) is 14.6. The van der Waals surface area contributed by atoms with Crippen LogP contribution in [0.15, 0.2) is 60.8 Å². The first-order valence-corrected chi connectivity index (χ1v) is 8.53. The van der Waals surface area contributed by atoms with Gasteiger partial charge in [0.2, 0.25) is 0 Å². The van der Waals surface area contributed by atoms with E-state index < -0.39 is 22.8 Å². The fraction of sp³-hybridized carbons (Fsp3) is 0.0526. The number of carbonyl (C=O) groups is 1. The summed E-state index contributed by atoms with van der Waals surface area (Å²) in [6.45, 7) is 0. The molecule has 2 amide bonds. The number of alkyl halides is 3. The summed E-state index contributed by atoms with van der Waals surface area (Å²) in [6, 6.07) is 12.0. The van der Waals surface area contributed by atoms with Gasteiger partial charge in [-0.3, -0.25) is 0 Å². The highest BCUT2D eigenvalue weighted by atomic mass is 35.5. The van der Waals surface area contributed by atoms with Crippen LogP contribution < -0.4 is 21.1 Å². The highest BCUT2D eigenvalue weighted by Gasteiger charge is 2.33. The summed E-state index contributed by atoms with van der Waals surface area (Å²) in [5.41, 5.74) is 4.84. The molecule has 3 aromatic rings. The Kier molecular flexibility index (Phi) is 5.79. The van der Waals surface area contributed by atoms with Crippen LogP contribution in [0.4, 0.5) is 35.2 Å². The van der Waals surface area contributed by atoms with Crippen molar-refractivity contribution in [1.29, 1.82) is 0 Å². The predicted molar refractivity (Wildman–Crippen MR) is 104 cm³/mol. The third-order valence-corrected chi connectivity index (χ3v) is 3.97. The van der Waals surface area contributed by atoms with E-state index in [1.807, 2.05) is 0 Å². The molecule has 0 bridgehead atoms. The topological polar surface area (TPSA) is 89.3 Å². The molecule has 0 saturated heterocycles. The van der Waals surface area contributed by atoms with Gasteiger partial charge in [-0.2, -0.15) is 13.2 Å². The summed E-state index contributed by atoms with van der Waals surface area (Å²) in [6.07, 6.45) is -3.16. The Labute approximate surface area is 168 Å². The summed E-state index contributed by atoms with van der Waals surface area (Å²) in [5.74, 6) is 1.35. The number of pyridine rings is 1. The number of rotatable bonds is 4. The van der Waals surface area contributed by atoms with Gasteiger partial charge < -0.3 is 21.1 Å². The van der Waals surface area contributed by atoms with E-state index >= 15 is 0 Å². The number of urea groups is 1. The second-order valence-electron chi connectivity index (χ2n) is 5.82. The van der Waals surface area contributed by atoms with Gasteiger partial charge in [0.15, 0.2) is 0 Å². The van der Waals surface area contributed by atoms with Crippen LogP contribution in [0.1, 0.15) is 5.56 Å². The van der Waals surface area contributed by atoms with Gasteiger partial charge in [0.25, 0.3) is 0 Å². The molecule has 10 heteroatoms. The minimum atomic E-state index is -4.62. The number of nitrogen functional groups attached to an aromatic ring is 1. The molecule has 0 atom stereocenters. The Bertz CT molecular complexity index is 1010. The predicted octanol–water partition coefficient (Wildman–Crippen LogP) is 5.77. The summed E-state index contributed by atoms with van der Waals surface area (Å²) < 4.78 is 44.3. The quantitative estimate of drug-likeness (QED) is 0.497. The van der Waals surface area contributed by atoms with Crippen molar-refractivity contribution < 1.29 is 22.7 Å². The maximum atomic E-state index is 12.9. The van der Waals surface area contributed by atoms with Crippen LogP contribution in [0.2, 0.25) is 5.02 Å². The standard InChI is InChI=1S/C19H14ClF3N4O2/c20-16-7-3-12(9-15(16)19(21,22)23)27-18(28)26-11-1-4-13(5-2-11)29-14-6-8-17(24)25-10-14/h1-10H,(H2,24,25)(H2,26,27,28). The van der Waals surface area contributed by atoms with Crippen molar-refractivity contribution in [3.63, 3.8) is 0 Å². The fourth-order valence-electron chi connectivity index (χ4n) is 2.31. The molecule has 2 aromatic carbocycles. The normalized spacial score (nSPS) is 11.0. The molecule has 0 spiro atoms. The number of benzene rings is 2. The van der Waals surface area contributed by atoms with E-state index in [4.69, 9.17) is 22.1 Å². The van der Waals surface area contributed by atoms with Crippen molar-refractivity contribution in [2.24, 2.45) is 0 Å². The summed E-state index contributed by atoms with van der Waals surface area (Å²) in [7, 11) is 0. The first kappa shape index (κ1) is 20.3. The van der Waals surface area contributed by atoms with E-state index in [0.29, 0.717) is 23.0 Å². The van der Waals surface area contributed by atoms with Crippen molar-refractivity contribution in [3.05, 3.63) is 71.4 Å². The van der Waals surface area contributed by atoms with Crippen molar-refractivity contribution >= 4 is 34.8 Å². The Morgan fingerprint density at radius 2 is 1.59 bits per heavy atom. The maximum absolute atomic E-state index is 12.9. The number of nitrogens with zero attached hydrogens (tertiary/aromatic N) is 1. The van der Waals surface area contributed by atoms with Gasteiger partial charge in [-0.05, 0) is 54.6 Å². The Morgan fingerprint density at radius 1 is 0.966 bits per heavy atom. The lowest BCUT2D eigenvalue weighted by Crippen LogP contribution is -2.19. The molecule has 1 aromatic heterocycles. The van der Waals surface area contributed by atoms with E-state index in [-0.39, 0.29) is 5.69 Å². The molecular formula is C19H14ClF3N4O2. The number of hydrogen-bond donors (Lipinski definition) is 3. The lowest BCUT2D eigenvalue weighted by atomic mass is 10.2. The van der Waals surface area contributed by atoms with Crippen LogP contribution in [-0.4, -0.2) is 11.0 Å².